The van der Waals surface area contributed by atoms with Gasteiger partial charge < -0.3 is 0 Å². The maximum atomic E-state index is 12.5. The molecule has 0 N–H and O–H groups in total. The van der Waals surface area contributed by atoms with E-state index >= 15 is 0 Å². The van der Waals surface area contributed by atoms with Crippen molar-refractivity contribution in [2.45, 2.75) is 6.18 Å². The van der Waals surface area contributed by atoms with Crippen molar-refractivity contribution in [2.24, 2.45) is 0 Å². The zero-order chi connectivity index (χ0) is 13.3. The van der Waals surface area contributed by atoms with Gasteiger partial charge in [0.05, 0.1) is 5.56 Å². The fourth-order valence-electron chi connectivity index (χ4n) is 1.50. The van der Waals surface area contributed by atoms with Crippen molar-refractivity contribution in [3.63, 3.8) is 0 Å². The van der Waals surface area contributed by atoms with E-state index in [0.717, 1.165) is 12.1 Å². The summed E-state index contributed by atoms with van der Waals surface area (Å²) in [5, 5.41) is 0.291. The number of pyridine rings is 1. The molecule has 0 unspecified atom stereocenters. The first-order valence-corrected chi connectivity index (χ1v) is 6.04. The Labute approximate surface area is 115 Å². The average Bonchev–Trinajstić information content (AvgIpc) is 2.27. The average molecular weight is 337 g/mol. The molecule has 1 nitrogen and oxygen atoms in total. The van der Waals surface area contributed by atoms with Crippen molar-refractivity contribution in [1.29, 1.82) is 0 Å². The summed E-state index contributed by atoms with van der Waals surface area (Å²) >= 11 is 8.88. The largest absolute Gasteiger partial charge is 0.416 e. The van der Waals surface area contributed by atoms with Crippen molar-refractivity contribution in [2.75, 3.05) is 0 Å². The maximum Gasteiger partial charge on any atom is 0.416 e. The molecule has 6 heteroatoms. The molecule has 1 aromatic carbocycles. The molecule has 94 valence electrons. The molecule has 0 spiro atoms. The highest BCUT2D eigenvalue weighted by Gasteiger charge is 2.30. The van der Waals surface area contributed by atoms with Crippen molar-refractivity contribution in [1.82, 2.24) is 4.98 Å². The third-order valence-electron chi connectivity index (χ3n) is 2.33. The standard InChI is InChI=1S/C12H6BrClF3N/c13-10-6-8(12(15,16)17)1-2-9(10)7-3-4-18-11(14)5-7/h1-6H. The first-order valence-electron chi connectivity index (χ1n) is 4.86. The molecule has 2 rings (SSSR count). The number of benzene rings is 1. The molecule has 0 bridgehead atoms. The van der Waals surface area contributed by atoms with E-state index in [9.17, 15) is 13.2 Å². The Kier molecular flexibility index (Phi) is 3.64. The normalized spacial score (nSPS) is 11.6. The van der Waals surface area contributed by atoms with Gasteiger partial charge in [0, 0.05) is 10.7 Å². The summed E-state index contributed by atoms with van der Waals surface area (Å²) in [5.41, 5.74) is 0.640. The highest BCUT2D eigenvalue weighted by Crippen LogP contribution is 2.35. The van der Waals surface area contributed by atoms with E-state index in [0.29, 0.717) is 20.8 Å². The van der Waals surface area contributed by atoms with Crippen LogP contribution in [0.15, 0.2) is 41.0 Å². The molecule has 2 aromatic rings. The molecule has 0 saturated heterocycles. The van der Waals surface area contributed by atoms with Crippen molar-refractivity contribution < 1.29 is 13.2 Å². The molecule has 1 aromatic heterocycles. The van der Waals surface area contributed by atoms with E-state index in [1.165, 1.54) is 12.3 Å². The topological polar surface area (TPSA) is 12.9 Å². The minimum Gasteiger partial charge on any atom is -0.245 e. The SMILES string of the molecule is FC(F)(F)c1ccc(-c2ccnc(Cl)c2)c(Br)c1. The summed E-state index contributed by atoms with van der Waals surface area (Å²) in [6, 6.07) is 6.75. The maximum absolute atomic E-state index is 12.5. The summed E-state index contributed by atoms with van der Waals surface area (Å²) in [5.74, 6) is 0. The second-order valence-electron chi connectivity index (χ2n) is 3.56. The van der Waals surface area contributed by atoms with E-state index in [1.807, 2.05) is 0 Å². The lowest BCUT2D eigenvalue weighted by Crippen LogP contribution is -2.04. The molecule has 0 aliphatic rings. The Morgan fingerprint density at radius 3 is 2.39 bits per heavy atom. The van der Waals surface area contributed by atoms with Crippen molar-refractivity contribution in [3.05, 3.63) is 51.7 Å². The highest BCUT2D eigenvalue weighted by molar-refractivity contribution is 9.10. The van der Waals surface area contributed by atoms with Gasteiger partial charge in [-0.15, -0.1) is 0 Å². The molecule has 0 saturated carbocycles. The van der Waals surface area contributed by atoms with Gasteiger partial charge in [-0.3, -0.25) is 0 Å². The Hall–Kier alpha value is -1.07. The number of rotatable bonds is 1. The van der Waals surface area contributed by atoms with E-state index in [1.54, 1.807) is 12.1 Å². The predicted octanol–water partition coefficient (Wildman–Crippen LogP) is 5.18. The van der Waals surface area contributed by atoms with Crippen LogP contribution in [-0.4, -0.2) is 4.98 Å². The van der Waals surface area contributed by atoms with Gasteiger partial charge >= 0.3 is 6.18 Å². The van der Waals surface area contributed by atoms with Crippen LogP contribution >= 0.6 is 27.5 Å². The molecule has 0 amide bonds. The Morgan fingerprint density at radius 2 is 1.83 bits per heavy atom. The Morgan fingerprint density at radius 1 is 1.11 bits per heavy atom. The van der Waals surface area contributed by atoms with Crippen LogP contribution in [0.25, 0.3) is 11.1 Å². The van der Waals surface area contributed by atoms with Crippen LogP contribution in [0, 0.1) is 0 Å². The van der Waals surface area contributed by atoms with Crippen LogP contribution in [0.5, 0.6) is 0 Å². The number of hydrogen-bond acceptors (Lipinski definition) is 1. The van der Waals surface area contributed by atoms with Crippen LogP contribution in [0.2, 0.25) is 5.15 Å². The van der Waals surface area contributed by atoms with Crippen molar-refractivity contribution in [3.8, 4) is 11.1 Å². The second-order valence-corrected chi connectivity index (χ2v) is 4.80. The van der Waals surface area contributed by atoms with E-state index in [4.69, 9.17) is 11.6 Å². The first-order chi connectivity index (χ1) is 8.38. The number of aromatic nitrogens is 1. The minimum absolute atomic E-state index is 0.291. The summed E-state index contributed by atoms with van der Waals surface area (Å²) in [7, 11) is 0. The van der Waals surface area contributed by atoms with Gasteiger partial charge in [0.2, 0.25) is 0 Å². The van der Waals surface area contributed by atoms with E-state index < -0.39 is 11.7 Å². The lowest BCUT2D eigenvalue weighted by atomic mass is 10.1. The van der Waals surface area contributed by atoms with Crippen LogP contribution in [0.3, 0.4) is 0 Å². The van der Waals surface area contributed by atoms with Crippen LogP contribution in [0.1, 0.15) is 5.56 Å². The lowest BCUT2D eigenvalue weighted by Gasteiger charge is -2.10. The fraction of sp³-hybridized carbons (Fsp3) is 0.0833. The van der Waals surface area contributed by atoms with Gasteiger partial charge in [-0.1, -0.05) is 33.6 Å². The quantitative estimate of drug-likeness (QED) is 0.654. The van der Waals surface area contributed by atoms with Crippen LogP contribution in [0.4, 0.5) is 13.2 Å². The number of alkyl halides is 3. The Balaban J connectivity index is 2.48. The Bertz CT molecular complexity index is 584. The molecular formula is C12H6BrClF3N. The van der Waals surface area contributed by atoms with Crippen LogP contribution in [-0.2, 0) is 6.18 Å². The zero-order valence-corrected chi connectivity index (χ0v) is 11.1. The fourth-order valence-corrected chi connectivity index (χ4v) is 2.28. The third-order valence-corrected chi connectivity index (χ3v) is 3.20. The van der Waals surface area contributed by atoms with E-state index in [2.05, 4.69) is 20.9 Å². The smallest absolute Gasteiger partial charge is 0.245 e. The molecule has 0 radical (unpaired) electrons. The number of nitrogens with zero attached hydrogens (tertiary/aromatic N) is 1. The first kappa shape index (κ1) is 13.4. The molecule has 18 heavy (non-hydrogen) atoms. The van der Waals surface area contributed by atoms with Gasteiger partial charge in [-0.2, -0.15) is 13.2 Å². The molecule has 0 fully saturated rings. The summed E-state index contributed by atoms with van der Waals surface area (Å²) in [4.78, 5) is 3.82. The third kappa shape index (κ3) is 2.84. The zero-order valence-electron chi connectivity index (χ0n) is 8.80. The second kappa shape index (κ2) is 4.90. The summed E-state index contributed by atoms with van der Waals surface area (Å²) in [6.07, 6.45) is -2.85. The van der Waals surface area contributed by atoms with Gasteiger partial charge in [-0.25, -0.2) is 4.98 Å². The van der Waals surface area contributed by atoms with Gasteiger partial charge in [-0.05, 0) is 35.4 Å². The number of halogens is 5. The lowest BCUT2D eigenvalue weighted by molar-refractivity contribution is -0.137. The van der Waals surface area contributed by atoms with Crippen LogP contribution < -0.4 is 0 Å². The molecule has 1 heterocycles. The summed E-state index contributed by atoms with van der Waals surface area (Å²) in [6.45, 7) is 0. The van der Waals surface area contributed by atoms with Gasteiger partial charge in [0.1, 0.15) is 5.15 Å². The molecule has 0 aliphatic heterocycles. The van der Waals surface area contributed by atoms with E-state index in [-0.39, 0.29) is 0 Å². The molecular weight excluding hydrogens is 330 g/mol. The molecule has 0 aliphatic carbocycles. The highest BCUT2D eigenvalue weighted by atomic mass is 79.9. The monoisotopic (exact) mass is 335 g/mol. The minimum atomic E-state index is -4.35. The predicted molar refractivity (Wildman–Crippen MR) is 67.4 cm³/mol. The molecule has 0 atom stereocenters. The number of hydrogen-bond donors (Lipinski definition) is 0. The van der Waals surface area contributed by atoms with Crippen molar-refractivity contribution >= 4 is 27.5 Å². The van der Waals surface area contributed by atoms with Gasteiger partial charge in [0.25, 0.3) is 0 Å². The summed E-state index contributed by atoms with van der Waals surface area (Å²) < 4.78 is 37.9. The van der Waals surface area contributed by atoms with Gasteiger partial charge in [0.15, 0.2) is 0 Å².